The van der Waals surface area contributed by atoms with Gasteiger partial charge in [-0.25, -0.2) is 0 Å². The number of hydrogen-bond acceptors (Lipinski definition) is 3. The molecule has 0 spiro atoms. The van der Waals surface area contributed by atoms with E-state index in [0.717, 1.165) is 36.1 Å². The summed E-state index contributed by atoms with van der Waals surface area (Å²) < 4.78 is 0. The van der Waals surface area contributed by atoms with Crippen LogP contribution in [0.4, 0.5) is 5.69 Å². The average Bonchev–Trinajstić information content (AvgIpc) is 3.11. The van der Waals surface area contributed by atoms with Crippen molar-refractivity contribution in [3.63, 3.8) is 0 Å². The maximum absolute atomic E-state index is 12.5. The number of carbonyl (C=O) groups excluding carboxylic acids is 1. The van der Waals surface area contributed by atoms with Crippen LogP contribution < -0.4 is 5.32 Å². The topological polar surface area (TPSA) is 45.2 Å². The Bertz CT molecular complexity index is 858. The lowest BCUT2D eigenvalue weighted by Crippen LogP contribution is -2.31. The van der Waals surface area contributed by atoms with Gasteiger partial charge in [0.2, 0.25) is 0 Å². The summed E-state index contributed by atoms with van der Waals surface area (Å²) in [5.74, 6) is 0.113. The van der Waals surface area contributed by atoms with Crippen molar-refractivity contribution in [1.29, 1.82) is 0 Å². The van der Waals surface area contributed by atoms with E-state index in [1.807, 2.05) is 59.8 Å². The van der Waals surface area contributed by atoms with Gasteiger partial charge in [0.15, 0.2) is 0 Å². The zero-order valence-electron chi connectivity index (χ0n) is 13.4. The van der Waals surface area contributed by atoms with Crippen molar-refractivity contribution in [2.75, 3.05) is 18.4 Å². The molecule has 4 heteroatoms. The first-order valence-electron chi connectivity index (χ1n) is 8.25. The number of anilines is 1. The number of rotatable bonds is 3. The van der Waals surface area contributed by atoms with E-state index in [9.17, 15) is 4.79 Å². The minimum absolute atomic E-state index is 0.113. The molecule has 0 aliphatic carbocycles. The second-order valence-corrected chi connectivity index (χ2v) is 6.15. The number of hydrogen-bond donors (Lipinski definition) is 1. The number of pyridine rings is 1. The van der Waals surface area contributed by atoms with Crippen LogP contribution >= 0.6 is 0 Å². The predicted molar refractivity (Wildman–Crippen MR) is 96.1 cm³/mol. The number of carbonyl (C=O) groups is 1. The van der Waals surface area contributed by atoms with E-state index in [1.54, 1.807) is 0 Å². The fourth-order valence-corrected chi connectivity index (χ4v) is 3.29. The molecule has 1 aliphatic rings. The highest BCUT2D eigenvalue weighted by atomic mass is 16.2. The number of nitrogens with one attached hydrogen (secondary N) is 1. The molecule has 2 heterocycles. The number of amides is 1. The molecule has 24 heavy (non-hydrogen) atoms. The number of nitrogens with zero attached hydrogens (tertiary/aromatic N) is 2. The van der Waals surface area contributed by atoms with Gasteiger partial charge in [-0.2, -0.15) is 0 Å². The molecule has 3 aromatic rings. The van der Waals surface area contributed by atoms with Crippen molar-refractivity contribution >= 4 is 22.4 Å². The van der Waals surface area contributed by atoms with Gasteiger partial charge in [0, 0.05) is 53.5 Å². The van der Waals surface area contributed by atoms with Crippen LogP contribution in [0.25, 0.3) is 10.8 Å². The molecule has 1 amide bonds. The van der Waals surface area contributed by atoms with Gasteiger partial charge in [-0.1, -0.05) is 30.3 Å². The molecule has 1 N–H and O–H groups in total. The van der Waals surface area contributed by atoms with Crippen LogP contribution in [0.1, 0.15) is 16.8 Å². The molecule has 1 aliphatic heterocycles. The van der Waals surface area contributed by atoms with E-state index in [4.69, 9.17) is 0 Å². The highest BCUT2D eigenvalue weighted by molar-refractivity contribution is 5.95. The maximum Gasteiger partial charge on any atom is 0.253 e. The number of aromatic nitrogens is 1. The molecule has 4 nitrogen and oxygen atoms in total. The van der Waals surface area contributed by atoms with Crippen molar-refractivity contribution in [1.82, 2.24) is 9.88 Å². The van der Waals surface area contributed by atoms with Crippen LogP contribution in [-0.4, -0.2) is 34.9 Å². The maximum atomic E-state index is 12.5. The Morgan fingerprint density at radius 1 is 1.08 bits per heavy atom. The standard InChI is InChI=1S/C20H19N3O/c24-20(15-5-2-1-3-6-15)23-12-10-17(14-23)22-19-8-4-7-16-13-21-11-9-18(16)19/h1-9,11,13,17,22H,10,12,14H2/t17-/m1/s1. The lowest BCUT2D eigenvalue weighted by Gasteiger charge is -2.18. The summed E-state index contributed by atoms with van der Waals surface area (Å²) in [4.78, 5) is 18.7. The third kappa shape index (κ3) is 2.83. The first-order valence-corrected chi connectivity index (χ1v) is 8.25. The van der Waals surface area contributed by atoms with Gasteiger partial charge in [-0.3, -0.25) is 9.78 Å². The van der Waals surface area contributed by atoms with E-state index in [-0.39, 0.29) is 11.9 Å². The molecule has 0 unspecified atom stereocenters. The summed E-state index contributed by atoms with van der Waals surface area (Å²) in [6.07, 6.45) is 4.65. The summed E-state index contributed by atoms with van der Waals surface area (Å²) in [5, 5.41) is 5.89. The molecule has 1 saturated heterocycles. The number of benzene rings is 2. The third-order valence-electron chi connectivity index (χ3n) is 4.54. The minimum atomic E-state index is 0.113. The molecular weight excluding hydrogens is 298 g/mol. The van der Waals surface area contributed by atoms with Gasteiger partial charge in [-0.05, 0) is 30.7 Å². The lowest BCUT2D eigenvalue weighted by atomic mass is 10.1. The Kier molecular flexibility index (Phi) is 3.87. The van der Waals surface area contributed by atoms with Gasteiger partial charge in [-0.15, -0.1) is 0 Å². The number of fused-ring (bicyclic) bond motifs is 1. The van der Waals surface area contributed by atoms with Gasteiger partial charge in [0.25, 0.3) is 5.91 Å². The quantitative estimate of drug-likeness (QED) is 0.803. The van der Waals surface area contributed by atoms with Gasteiger partial charge in [0.1, 0.15) is 0 Å². The summed E-state index contributed by atoms with van der Waals surface area (Å²) in [7, 11) is 0. The fourth-order valence-electron chi connectivity index (χ4n) is 3.29. The van der Waals surface area contributed by atoms with Crippen molar-refractivity contribution in [2.45, 2.75) is 12.5 Å². The Morgan fingerprint density at radius 3 is 2.83 bits per heavy atom. The summed E-state index contributed by atoms with van der Waals surface area (Å²) in [6, 6.07) is 18.0. The predicted octanol–water partition coefficient (Wildman–Crippen LogP) is 3.56. The molecule has 1 atom stereocenters. The molecule has 120 valence electrons. The Labute approximate surface area is 141 Å². The van der Waals surface area contributed by atoms with Crippen LogP contribution in [-0.2, 0) is 0 Å². The van der Waals surface area contributed by atoms with Crippen LogP contribution in [0.3, 0.4) is 0 Å². The van der Waals surface area contributed by atoms with Gasteiger partial charge >= 0.3 is 0 Å². The van der Waals surface area contributed by atoms with Gasteiger partial charge in [0.05, 0.1) is 0 Å². The fraction of sp³-hybridized carbons (Fsp3) is 0.200. The largest absolute Gasteiger partial charge is 0.380 e. The molecule has 1 aromatic heterocycles. The van der Waals surface area contributed by atoms with Crippen molar-refractivity contribution in [3.05, 3.63) is 72.6 Å². The molecule has 4 rings (SSSR count). The second-order valence-electron chi connectivity index (χ2n) is 6.15. The van der Waals surface area contributed by atoms with E-state index >= 15 is 0 Å². The SMILES string of the molecule is O=C(c1ccccc1)N1CC[C@@H](Nc2cccc3cnccc23)C1. The van der Waals surface area contributed by atoms with Crippen LogP contribution in [0.5, 0.6) is 0 Å². The first kappa shape index (κ1) is 14.7. The highest BCUT2D eigenvalue weighted by Gasteiger charge is 2.27. The second kappa shape index (κ2) is 6.32. The van der Waals surface area contributed by atoms with Crippen LogP contribution in [0, 0.1) is 0 Å². The van der Waals surface area contributed by atoms with Crippen molar-refractivity contribution in [3.8, 4) is 0 Å². The molecule has 0 bridgehead atoms. The molecule has 0 radical (unpaired) electrons. The monoisotopic (exact) mass is 317 g/mol. The molecule has 0 saturated carbocycles. The lowest BCUT2D eigenvalue weighted by molar-refractivity contribution is 0.0791. The summed E-state index contributed by atoms with van der Waals surface area (Å²) in [5.41, 5.74) is 1.86. The molecular formula is C20H19N3O. The Morgan fingerprint density at radius 2 is 1.96 bits per heavy atom. The van der Waals surface area contributed by atoms with Crippen LogP contribution in [0.15, 0.2) is 67.0 Å². The zero-order valence-corrected chi connectivity index (χ0v) is 13.4. The van der Waals surface area contributed by atoms with Gasteiger partial charge < -0.3 is 10.2 Å². The normalized spacial score (nSPS) is 17.2. The van der Waals surface area contributed by atoms with Crippen molar-refractivity contribution in [2.24, 2.45) is 0 Å². The first-order chi connectivity index (χ1) is 11.8. The average molecular weight is 317 g/mol. The molecule has 1 fully saturated rings. The third-order valence-corrected chi connectivity index (χ3v) is 4.54. The smallest absolute Gasteiger partial charge is 0.253 e. The summed E-state index contributed by atoms with van der Waals surface area (Å²) in [6.45, 7) is 1.52. The highest BCUT2D eigenvalue weighted by Crippen LogP contribution is 2.25. The van der Waals surface area contributed by atoms with Crippen LogP contribution in [0.2, 0.25) is 0 Å². The van der Waals surface area contributed by atoms with E-state index in [0.29, 0.717) is 0 Å². The number of likely N-dealkylation sites (tertiary alicyclic amines) is 1. The zero-order chi connectivity index (χ0) is 16.4. The van der Waals surface area contributed by atoms with E-state index < -0.39 is 0 Å². The minimum Gasteiger partial charge on any atom is -0.380 e. The Balaban J connectivity index is 1.48. The van der Waals surface area contributed by atoms with E-state index in [2.05, 4.69) is 22.4 Å². The van der Waals surface area contributed by atoms with Crippen molar-refractivity contribution < 1.29 is 4.79 Å². The summed E-state index contributed by atoms with van der Waals surface area (Å²) >= 11 is 0. The molecule has 2 aromatic carbocycles. The Hall–Kier alpha value is -2.88. The van der Waals surface area contributed by atoms with E-state index in [1.165, 1.54) is 5.39 Å².